The molecule has 0 aliphatic rings. The molecule has 0 radical (unpaired) electrons. The summed E-state index contributed by atoms with van der Waals surface area (Å²) in [5.41, 5.74) is 0.679. The number of hydrogen-bond acceptors (Lipinski definition) is 3. The predicted molar refractivity (Wildman–Crippen MR) is 57.2 cm³/mol. The Labute approximate surface area is 94.7 Å². The van der Waals surface area contributed by atoms with Crippen LogP contribution in [0.5, 0.6) is 0 Å². The van der Waals surface area contributed by atoms with E-state index in [-0.39, 0.29) is 22.7 Å². The Kier molecular flexibility index (Phi) is 2.11. The fraction of sp³-hybridized carbons (Fsp3) is 0. The summed E-state index contributed by atoms with van der Waals surface area (Å²) in [5, 5.41) is 0. The van der Waals surface area contributed by atoms with Gasteiger partial charge in [-0.2, -0.15) is 0 Å². The number of pyridine rings is 1. The third-order valence-corrected chi connectivity index (χ3v) is 2.32. The minimum absolute atomic E-state index is 0.0937. The van der Waals surface area contributed by atoms with Gasteiger partial charge in [0.25, 0.3) is 0 Å². The lowest BCUT2D eigenvalue weighted by atomic mass is 10.2. The van der Waals surface area contributed by atoms with Gasteiger partial charge in [-0.3, -0.25) is 0 Å². The molecule has 0 spiro atoms. The van der Waals surface area contributed by atoms with Crippen molar-refractivity contribution in [3.8, 4) is 11.5 Å². The van der Waals surface area contributed by atoms with E-state index >= 15 is 0 Å². The molecule has 84 valence electrons. The number of aromatic nitrogens is 2. The Morgan fingerprint density at radius 1 is 1.12 bits per heavy atom. The number of hydrogen-bond donors (Lipinski definition) is 0. The predicted octanol–water partition coefficient (Wildman–Crippen LogP) is 3.17. The zero-order valence-electron chi connectivity index (χ0n) is 8.52. The molecule has 0 saturated carbocycles. The van der Waals surface area contributed by atoms with Crippen molar-refractivity contribution in [1.82, 2.24) is 9.97 Å². The van der Waals surface area contributed by atoms with E-state index in [0.29, 0.717) is 0 Å². The van der Waals surface area contributed by atoms with Gasteiger partial charge in [-0.15, -0.1) is 0 Å². The fourth-order valence-electron chi connectivity index (χ4n) is 1.55. The minimum atomic E-state index is -0.508. The van der Waals surface area contributed by atoms with Gasteiger partial charge < -0.3 is 4.42 Å². The number of fused-ring (bicyclic) bond motifs is 1. The van der Waals surface area contributed by atoms with E-state index in [1.54, 1.807) is 12.1 Å². The zero-order valence-corrected chi connectivity index (χ0v) is 8.52. The van der Waals surface area contributed by atoms with E-state index in [1.165, 1.54) is 18.2 Å². The number of nitrogens with zero attached hydrogens (tertiary/aromatic N) is 2. The standard InChI is InChI=1S/C12H6F2N2O/c13-7-5-10-12(15-6-7)17-11(16-10)8-3-1-2-4-9(8)14/h1-6H. The smallest absolute Gasteiger partial charge is 0.247 e. The monoisotopic (exact) mass is 232 g/mol. The lowest BCUT2D eigenvalue weighted by molar-refractivity contribution is 0.582. The second-order valence-corrected chi connectivity index (χ2v) is 3.48. The molecule has 0 aliphatic carbocycles. The van der Waals surface area contributed by atoms with Crippen molar-refractivity contribution >= 4 is 11.2 Å². The molecule has 3 nitrogen and oxygen atoms in total. The number of benzene rings is 1. The normalized spacial score (nSPS) is 10.9. The van der Waals surface area contributed by atoms with Gasteiger partial charge in [-0.05, 0) is 12.1 Å². The molecule has 17 heavy (non-hydrogen) atoms. The summed E-state index contributed by atoms with van der Waals surface area (Å²) in [6, 6.07) is 7.27. The van der Waals surface area contributed by atoms with Crippen LogP contribution in [-0.4, -0.2) is 9.97 Å². The Balaban J connectivity index is 2.22. The Morgan fingerprint density at radius 3 is 2.76 bits per heavy atom. The van der Waals surface area contributed by atoms with Crippen LogP contribution in [0.2, 0.25) is 0 Å². The third-order valence-electron chi connectivity index (χ3n) is 2.32. The van der Waals surface area contributed by atoms with Gasteiger partial charge in [0.1, 0.15) is 17.2 Å². The van der Waals surface area contributed by atoms with Crippen LogP contribution in [-0.2, 0) is 0 Å². The fourth-order valence-corrected chi connectivity index (χ4v) is 1.55. The highest BCUT2D eigenvalue weighted by molar-refractivity contribution is 5.72. The van der Waals surface area contributed by atoms with Crippen LogP contribution in [0.25, 0.3) is 22.7 Å². The van der Waals surface area contributed by atoms with Crippen LogP contribution in [0.3, 0.4) is 0 Å². The highest BCUT2D eigenvalue weighted by Gasteiger charge is 2.12. The molecular formula is C12H6F2N2O. The first-order valence-corrected chi connectivity index (χ1v) is 4.91. The van der Waals surface area contributed by atoms with Gasteiger partial charge in [0.2, 0.25) is 11.6 Å². The third kappa shape index (κ3) is 1.65. The summed E-state index contributed by atoms with van der Waals surface area (Å²) in [6.07, 6.45) is 1.03. The molecule has 0 fully saturated rings. The highest BCUT2D eigenvalue weighted by Crippen LogP contribution is 2.25. The average molecular weight is 232 g/mol. The van der Waals surface area contributed by atoms with Crippen molar-refractivity contribution in [2.24, 2.45) is 0 Å². The van der Waals surface area contributed by atoms with E-state index in [4.69, 9.17) is 4.42 Å². The molecule has 3 rings (SSSR count). The van der Waals surface area contributed by atoms with Crippen LogP contribution in [0.1, 0.15) is 0 Å². The topological polar surface area (TPSA) is 38.9 Å². The largest absolute Gasteiger partial charge is 0.418 e. The minimum Gasteiger partial charge on any atom is -0.418 e. The zero-order chi connectivity index (χ0) is 11.8. The lowest BCUT2D eigenvalue weighted by Crippen LogP contribution is -1.82. The highest BCUT2D eigenvalue weighted by atomic mass is 19.1. The van der Waals surface area contributed by atoms with Crippen molar-refractivity contribution in [2.75, 3.05) is 0 Å². The van der Waals surface area contributed by atoms with Crippen LogP contribution in [0.15, 0.2) is 40.9 Å². The van der Waals surface area contributed by atoms with E-state index < -0.39 is 11.6 Å². The number of oxazole rings is 1. The first-order valence-electron chi connectivity index (χ1n) is 4.91. The van der Waals surface area contributed by atoms with Gasteiger partial charge in [-0.25, -0.2) is 18.7 Å². The average Bonchev–Trinajstić information content (AvgIpc) is 2.72. The maximum Gasteiger partial charge on any atom is 0.247 e. The van der Waals surface area contributed by atoms with Crippen LogP contribution >= 0.6 is 0 Å². The van der Waals surface area contributed by atoms with Crippen molar-refractivity contribution in [2.45, 2.75) is 0 Å². The van der Waals surface area contributed by atoms with Crippen molar-refractivity contribution < 1.29 is 13.2 Å². The molecule has 2 heterocycles. The molecule has 3 aromatic rings. The Bertz CT molecular complexity index is 694. The van der Waals surface area contributed by atoms with Gasteiger partial charge in [0.15, 0.2) is 0 Å². The summed E-state index contributed by atoms with van der Waals surface area (Å²) < 4.78 is 31.7. The summed E-state index contributed by atoms with van der Waals surface area (Å²) in [5.74, 6) is -0.860. The van der Waals surface area contributed by atoms with Gasteiger partial charge >= 0.3 is 0 Å². The lowest BCUT2D eigenvalue weighted by Gasteiger charge is -1.95. The van der Waals surface area contributed by atoms with E-state index in [1.807, 2.05) is 0 Å². The molecule has 1 aromatic carbocycles. The van der Waals surface area contributed by atoms with E-state index in [9.17, 15) is 8.78 Å². The SMILES string of the molecule is Fc1cnc2oc(-c3ccccc3F)nc2c1. The second kappa shape index (κ2) is 3.62. The van der Waals surface area contributed by atoms with Gasteiger partial charge in [0, 0.05) is 6.07 Å². The van der Waals surface area contributed by atoms with Crippen LogP contribution in [0, 0.1) is 11.6 Å². The Morgan fingerprint density at radius 2 is 1.94 bits per heavy atom. The molecule has 0 unspecified atom stereocenters. The number of rotatable bonds is 1. The Hall–Kier alpha value is -2.30. The first kappa shape index (κ1) is 9.89. The van der Waals surface area contributed by atoms with Crippen molar-refractivity contribution in [1.29, 1.82) is 0 Å². The molecule has 0 N–H and O–H groups in total. The summed E-state index contributed by atoms with van der Waals surface area (Å²) in [7, 11) is 0. The van der Waals surface area contributed by atoms with E-state index in [2.05, 4.69) is 9.97 Å². The maximum atomic E-state index is 13.5. The summed E-state index contributed by atoms with van der Waals surface area (Å²) in [6.45, 7) is 0. The maximum absolute atomic E-state index is 13.5. The molecule has 5 heteroatoms. The van der Waals surface area contributed by atoms with Crippen LogP contribution in [0.4, 0.5) is 8.78 Å². The first-order chi connectivity index (χ1) is 8.24. The van der Waals surface area contributed by atoms with Crippen LogP contribution < -0.4 is 0 Å². The molecule has 0 atom stereocenters. The summed E-state index contributed by atoms with van der Waals surface area (Å²) in [4.78, 5) is 7.73. The van der Waals surface area contributed by atoms with E-state index in [0.717, 1.165) is 6.20 Å². The van der Waals surface area contributed by atoms with Crippen molar-refractivity contribution in [3.63, 3.8) is 0 Å². The van der Waals surface area contributed by atoms with Gasteiger partial charge in [-0.1, -0.05) is 12.1 Å². The second-order valence-electron chi connectivity index (χ2n) is 3.48. The molecular weight excluding hydrogens is 226 g/mol. The molecule has 0 saturated heterocycles. The molecule has 2 aromatic heterocycles. The van der Waals surface area contributed by atoms with Crippen molar-refractivity contribution in [3.05, 3.63) is 48.2 Å². The number of halogens is 2. The summed E-state index contributed by atoms with van der Waals surface area (Å²) >= 11 is 0. The van der Waals surface area contributed by atoms with Gasteiger partial charge in [0.05, 0.1) is 11.8 Å². The molecule has 0 bridgehead atoms. The molecule has 0 aliphatic heterocycles. The quantitative estimate of drug-likeness (QED) is 0.646. The molecule has 0 amide bonds.